The molecule has 0 saturated carbocycles. The summed E-state index contributed by atoms with van der Waals surface area (Å²) in [7, 11) is 0. The fourth-order valence-corrected chi connectivity index (χ4v) is 7.23. The average Bonchev–Trinajstić information content (AvgIpc) is 3.35. The third-order valence-corrected chi connectivity index (χ3v) is 9.52. The molecule has 4 aromatic rings. The summed E-state index contributed by atoms with van der Waals surface area (Å²) in [6.07, 6.45) is 1.81. The fourth-order valence-electron chi connectivity index (χ4n) is 5.89. The van der Waals surface area contributed by atoms with Gasteiger partial charge in [-0.05, 0) is 84.8 Å². The first-order chi connectivity index (χ1) is 21.2. The van der Waals surface area contributed by atoms with E-state index in [1.807, 2.05) is 48.2 Å². The number of nitrogens with one attached hydrogen (secondary N) is 2. The van der Waals surface area contributed by atoms with Crippen LogP contribution >= 0.6 is 22.9 Å². The lowest BCUT2D eigenvalue weighted by atomic mass is 9.93. The standard InChI is InChI=1S/C32H33ClN6O4S/c1-18-7-8-23-15-22(9-10-25(23)39(18)20(3)40)21-5-4-6-24(16-21)35-26(41)17-34-31(42)28-19(2)27-29(44-28)30(37-32(33)36-27)38-11-13-43-14-12-38/h4-6,9-10,15-16,18H,7-8,11-14,17H2,1-3H3,(H,34,42)(H,35,41)/t18-/m0/s1. The number of amides is 3. The largest absolute Gasteiger partial charge is 0.378 e. The molecule has 3 amide bonds. The number of halogens is 1. The molecule has 2 N–H and O–H groups in total. The van der Waals surface area contributed by atoms with Crippen molar-refractivity contribution in [2.45, 2.75) is 39.7 Å². The Morgan fingerprint density at radius 1 is 1.09 bits per heavy atom. The van der Waals surface area contributed by atoms with Crippen LogP contribution in [0, 0.1) is 6.92 Å². The van der Waals surface area contributed by atoms with Crippen LogP contribution in [-0.4, -0.2) is 66.6 Å². The fraction of sp³-hybridized carbons (Fsp3) is 0.344. The normalized spacial score (nSPS) is 16.5. The maximum Gasteiger partial charge on any atom is 0.262 e. The van der Waals surface area contributed by atoms with Crippen LogP contribution in [0.3, 0.4) is 0 Å². The summed E-state index contributed by atoms with van der Waals surface area (Å²) in [5, 5.41) is 5.75. The van der Waals surface area contributed by atoms with Crippen molar-refractivity contribution in [2.24, 2.45) is 0 Å². The molecular formula is C32H33ClN6O4S. The van der Waals surface area contributed by atoms with Gasteiger partial charge in [0.05, 0.1) is 34.9 Å². The van der Waals surface area contributed by atoms with E-state index in [0.29, 0.717) is 53.8 Å². The third-order valence-electron chi connectivity index (χ3n) is 8.08. The molecule has 2 aliphatic rings. The van der Waals surface area contributed by atoms with Crippen LogP contribution in [0.4, 0.5) is 17.2 Å². The van der Waals surface area contributed by atoms with E-state index in [0.717, 1.165) is 39.9 Å². The molecule has 2 aliphatic heterocycles. The zero-order valence-electron chi connectivity index (χ0n) is 24.8. The number of ether oxygens (including phenoxy) is 1. The van der Waals surface area contributed by atoms with Gasteiger partial charge in [0.25, 0.3) is 5.91 Å². The van der Waals surface area contributed by atoms with E-state index in [1.165, 1.54) is 11.3 Å². The SMILES string of the molecule is CC(=O)N1c2ccc(-c3cccc(NC(=O)CNC(=O)c4sc5c(N6CCOCC6)nc(Cl)nc5c4C)c3)cc2CC[C@@H]1C. The van der Waals surface area contributed by atoms with Crippen LogP contribution in [0.2, 0.25) is 5.28 Å². The number of hydrogen-bond donors (Lipinski definition) is 2. The van der Waals surface area contributed by atoms with Crippen LogP contribution < -0.4 is 20.4 Å². The number of carbonyl (C=O) groups excluding carboxylic acids is 3. The summed E-state index contributed by atoms with van der Waals surface area (Å²) in [5.74, 6) is 0.0307. The maximum absolute atomic E-state index is 13.2. The number of fused-ring (bicyclic) bond motifs is 2. The molecule has 0 spiro atoms. The highest BCUT2D eigenvalue weighted by Crippen LogP contribution is 2.37. The Balaban J connectivity index is 1.13. The molecular weight excluding hydrogens is 600 g/mol. The van der Waals surface area contributed by atoms with Crippen molar-refractivity contribution in [3.63, 3.8) is 0 Å². The molecule has 1 saturated heterocycles. The van der Waals surface area contributed by atoms with Crippen LogP contribution in [0.5, 0.6) is 0 Å². The lowest BCUT2D eigenvalue weighted by Crippen LogP contribution is -2.40. The molecule has 10 nitrogen and oxygen atoms in total. The molecule has 44 heavy (non-hydrogen) atoms. The van der Waals surface area contributed by atoms with E-state index in [2.05, 4.69) is 38.5 Å². The number of aromatic nitrogens is 2. The quantitative estimate of drug-likeness (QED) is 0.280. The van der Waals surface area contributed by atoms with Crippen molar-refractivity contribution in [1.82, 2.24) is 15.3 Å². The highest BCUT2D eigenvalue weighted by Gasteiger charge is 2.27. The van der Waals surface area contributed by atoms with Crippen LogP contribution in [-0.2, 0) is 20.7 Å². The Morgan fingerprint density at radius 3 is 2.64 bits per heavy atom. The third kappa shape index (κ3) is 5.99. The Morgan fingerprint density at radius 2 is 1.86 bits per heavy atom. The van der Waals surface area contributed by atoms with Crippen molar-refractivity contribution >= 4 is 68.1 Å². The van der Waals surface area contributed by atoms with Crippen LogP contribution in [0.1, 0.15) is 41.1 Å². The molecule has 228 valence electrons. The zero-order chi connectivity index (χ0) is 31.0. The summed E-state index contributed by atoms with van der Waals surface area (Å²) in [6, 6.07) is 13.9. The van der Waals surface area contributed by atoms with Gasteiger partial charge in [-0.25, -0.2) is 4.98 Å². The van der Waals surface area contributed by atoms with Gasteiger partial charge in [0, 0.05) is 37.4 Å². The predicted octanol–water partition coefficient (Wildman–Crippen LogP) is 5.21. The van der Waals surface area contributed by atoms with E-state index in [-0.39, 0.29) is 35.6 Å². The first-order valence-corrected chi connectivity index (χ1v) is 15.8. The number of morpholine rings is 1. The molecule has 2 aromatic heterocycles. The Bertz CT molecular complexity index is 1770. The summed E-state index contributed by atoms with van der Waals surface area (Å²) in [5.41, 5.74) is 5.99. The summed E-state index contributed by atoms with van der Waals surface area (Å²) >= 11 is 7.54. The molecule has 2 aromatic carbocycles. The Hall–Kier alpha value is -4.06. The second-order valence-corrected chi connectivity index (χ2v) is 12.4. The van der Waals surface area contributed by atoms with Crippen LogP contribution in [0.25, 0.3) is 21.3 Å². The minimum Gasteiger partial charge on any atom is -0.378 e. The van der Waals surface area contributed by atoms with Gasteiger partial charge in [-0.2, -0.15) is 4.98 Å². The molecule has 1 fully saturated rings. The molecule has 1 atom stereocenters. The highest BCUT2D eigenvalue weighted by atomic mass is 35.5. The monoisotopic (exact) mass is 632 g/mol. The topological polar surface area (TPSA) is 117 Å². The predicted molar refractivity (Wildman–Crippen MR) is 174 cm³/mol. The number of benzene rings is 2. The lowest BCUT2D eigenvalue weighted by molar-refractivity contribution is -0.117. The minimum atomic E-state index is -0.360. The van der Waals surface area contributed by atoms with Crippen molar-refractivity contribution in [3.8, 4) is 11.1 Å². The molecule has 4 heterocycles. The van der Waals surface area contributed by atoms with E-state index >= 15 is 0 Å². The number of aryl methyl sites for hydroxylation is 2. The number of rotatable bonds is 6. The number of carbonyl (C=O) groups is 3. The van der Waals surface area contributed by atoms with Gasteiger partial charge in [0.1, 0.15) is 0 Å². The van der Waals surface area contributed by atoms with Crippen molar-refractivity contribution in [1.29, 1.82) is 0 Å². The average molecular weight is 633 g/mol. The van der Waals surface area contributed by atoms with Gasteiger partial charge in [-0.15, -0.1) is 11.3 Å². The molecule has 0 bridgehead atoms. The van der Waals surface area contributed by atoms with Crippen molar-refractivity contribution < 1.29 is 19.1 Å². The molecule has 0 radical (unpaired) electrons. The lowest BCUT2D eigenvalue weighted by Gasteiger charge is -2.34. The van der Waals surface area contributed by atoms with E-state index in [4.69, 9.17) is 16.3 Å². The van der Waals surface area contributed by atoms with Gasteiger partial charge in [0.2, 0.25) is 17.1 Å². The second kappa shape index (κ2) is 12.5. The van der Waals surface area contributed by atoms with Crippen LogP contribution in [0.15, 0.2) is 42.5 Å². The maximum atomic E-state index is 13.2. The molecule has 0 aliphatic carbocycles. The summed E-state index contributed by atoms with van der Waals surface area (Å²) in [4.78, 5) is 51.5. The van der Waals surface area contributed by atoms with Gasteiger partial charge in [-0.3, -0.25) is 14.4 Å². The minimum absolute atomic E-state index is 0.0429. The second-order valence-electron chi connectivity index (χ2n) is 11.1. The van der Waals surface area contributed by atoms with Crippen molar-refractivity contribution in [3.05, 3.63) is 63.8 Å². The molecule has 0 unspecified atom stereocenters. The first kappa shape index (κ1) is 30.0. The van der Waals surface area contributed by atoms with Gasteiger partial charge in [-0.1, -0.05) is 18.2 Å². The molecule has 12 heteroatoms. The van der Waals surface area contributed by atoms with E-state index in [9.17, 15) is 14.4 Å². The first-order valence-electron chi connectivity index (χ1n) is 14.6. The van der Waals surface area contributed by atoms with Gasteiger partial charge in [0.15, 0.2) is 5.82 Å². The number of thiophene rings is 1. The number of hydrogen-bond acceptors (Lipinski definition) is 8. The Labute approximate surface area is 264 Å². The van der Waals surface area contributed by atoms with E-state index in [1.54, 1.807) is 6.92 Å². The van der Waals surface area contributed by atoms with Gasteiger partial charge >= 0.3 is 0 Å². The smallest absolute Gasteiger partial charge is 0.262 e. The highest BCUT2D eigenvalue weighted by molar-refractivity contribution is 7.21. The Kier molecular flexibility index (Phi) is 8.53. The molecule has 6 rings (SSSR count). The van der Waals surface area contributed by atoms with Gasteiger partial charge < -0.3 is 25.2 Å². The zero-order valence-corrected chi connectivity index (χ0v) is 26.3. The summed E-state index contributed by atoms with van der Waals surface area (Å²) < 4.78 is 6.25. The van der Waals surface area contributed by atoms with Crippen molar-refractivity contribution in [2.75, 3.05) is 48.0 Å². The number of nitrogens with zero attached hydrogens (tertiary/aromatic N) is 4. The van der Waals surface area contributed by atoms with E-state index < -0.39 is 0 Å². The summed E-state index contributed by atoms with van der Waals surface area (Å²) in [6.45, 7) is 7.83. The number of anilines is 3.